The first-order valence-electron chi connectivity index (χ1n) is 6.81. The van der Waals surface area contributed by atoms with E-state index in [9.17, 15) is 4.79 Å². The summed E-state index contributed by atoms with van der Waals surface area (Å²) in [5.41, 5.74) is 2.17. The third-order valence-corrected chi connectivity index (χ3v) is 4.02. The van der Waals surface area contributed by atoms with Crippen LogP contribution in [0.2, 0.25) is 0 Å². The molecule has 1 aromatic heterocycles. The highest BCUT2D eigenvalue weighted by Crippen LogP contribution is 2.26. The predicted octanol–water partition coefficient (Wildman–Crippen LogP) is 3.55. The van der Waals surface area contributed by atoms with Gasteiger partial charge in [0.15, 0.2) is 0 Å². The van der Waals surface area contributed by atoms with Gasteiger partial charge in [0, 0.05) is 11.4 Å². The van der Waals surface area contributed by atoms with Gasteiger partial charge in [0.2, 0.25) is 5.91 Å². The van der Waals surface area contributed by atoms with Crippen molar-refractivity contribution in [2.45, 2.75) is 44.0 Å². The van der Waals surface area contributed by atoms with Crippen molar-refractivity contribution in [2.24, 2.45) is 0 Å². The summed E-state index contributed by atoms with van der Waals surface area (Å²) in [7, 11) is 0. The molecular weight excluding hydrogens is 268 g/mol. The van der Waals surface area contributed by atoms with Gasteiger partial charge in [-0.25, -0.2) is 4.98 Å². The molecule has 0 saturated heterocycles. The first-order valence-corrected chi connectivity index (χ1v) is 7.68. The summed E-state index contributed by atoms with van der Waals surface area (Å²) in [5, 5.41) is 4.84. The lowest BCUT2D eigenvalue weighted by molar-refractivity contribution is -0.120. The van der Waals surface area contributed by atoms with Crippen LogP contribution in [0.5, 0.6) is 0 Å². The molecule has 3 nitrogen and oxygen atoms in total. The molecule has 0 saturated carbocycles. The van der Waals surface area contributed by atoms with Gasteiger partial charge >= 0.3 is 0 Å². The number of pyridine rings is 1. The van der Waals surface area contributed by atoms with E-state index in [1.54, 1.807) is 0 Å². The molecule has 0 bridgehead atoms. The van der Waals surface area contributed by atoms with Crippen LogP contribution < -0.4 is 5.32 Å². The van der Waals surface area contributed by atoms with E-state index in [1.807, 2.05) is 45.0 Å². The van der Waals surface area contributed by atoms with Crippen molar-refractivity contribution >= 4 is 28.6 Å². The molecule has 0 aliphatic rings. The van der Waals surface area contributed by atoms with Crippen molar-refractivity contribution in [3.05, 3.63) is 35.9 Å². The maximum absolute atomic E-state index is 11.9. The SMILES string of the molecule is Cc1cc(S[C@@H](C)C(=O)NC(C)C)nc2ccccc12. The van der Waals surface area contributed by atoms with Crippen LogP contribution in [0, 0.1) is 6.92 Å². The van der Waals surface area contributed by atoms with Gasteiger partial charge in [-0.1, -0.05) is 30.0 Å². The van der Waals surface area contributed by atoms with E-state index in [4.69, 9.17) is 0 Å². The number of fused-ring (bicyclic) bond motifs is 1. The Bertz CT molecular complexity index is 625. The first-order chi connectivity index (χ1) is 9.47. The third kappa shape index (κ3) is 3.51. The highest BCUT2D eigenvalue weighted by molar-refractivity contribution is 8.00. The number of carbonyl (C=O) groups excluding carboxylic acids is 1. The lowest BCUT2D eigenvalue weighted by atomic mass is 10.1. The van der Waals surface area contributed by atoms with Crippen molar-refractivity contribution in [1.82, 2.24) is 10.3 Å². The highest BCUT2D eigenvalue weighted by atomic mass is 32.2. The maximum Gasteiger partial charge on any atom is 0.233 e. The number of carbonyl (C=O) groups is 1. The van der Waals surface area contributed by atoms with Crippen LogP contribution in [0.25, 0.3) is 10.9 Å². The Hall–Kier alpha value is -1.55. The summed E-state index contributed by atoms with van der Waals surface area (Å²) < 4.78 is 0. The van der Waals surface area contributed by atoms with Crippen LogP contribution in [0.1, 0.15) is 26.3 Å². The number of nitrogens with one attached hydrogen (secondary N) is 1. The second-order valence-corrected chi connectivity index (χ2v) is 6.58. The van der Waals surface area contributed by atoms with Gasteiger partial charge < -0.3 is 5.32 Å². The van der Waals surface area contributed by atoms with Gasteiger partial charge in [-0.2, -0.15) is 0 Å². The minimum atomic E-state index is -0.148. The fraction of sp³-hybridized carbons (Fsp3) is 0.375. The van der Waals surface area contributed by atoms with Gasteiger partial charge in [-0.05, 0) is 45.4 Å². The van der Waals surface area contributed by atoms with Gasteiger partial charge in [-0.15, -0.1) is 0 Å². The number of hydrogen-bond acceptors (Lipinski definition) is 3. The third-order valence-electron chi connectivity index (χ3n) is 3.00. The highest BCUT2D eigenvalue weighted by Gasteiger charge is 2.16. The predicted molar refractivity (Wildman–Crippen MR) is 85.1 cm³/mol. The fourth-order valence-electron chi connectivity index (χ4n) is 2.02. The molecule has 0 aliphatic heterocycles. The molecule has 20 heavy (non-hydrogen) atoms. The maximum atomic E-state index is 11.9. The Labute approximate surface area is 124 Å². The Balaban J connectivity index is 2.19. The molecule has 4 heteroatoms. The van der Waals surface area contributed by atoms with E-state index in [0.717, 1.165) is 15.9 Å². The Morgan fingerprint density at radius 1 is 1.25 bits per heavy atom. The lowest BCUT2D eigenvalue weighted by Crippen LogP contribution is -2.35. The molecule has 0 unspecified atom stereocenters. The van der Waals surface area contributed by atoms with E-state index in [0.29, 0.717) is 0 Å². The summed E-state index contributed by atoms with van der Waals surface area (Å²) >= 11 is 1.50. The van der Waals surface area contributed by atoms with Crippen molar-refractivity contribution in [3.63, 3.8) is 0 Å². The van der Waals surface area contributed by atoms with Crippen LogP contribution in [-0.2, 0) is 4.79 Å². The Kier molecular flexibility index (Phi) is 4.65. The molecule has 2 rings (SSSR count). The number of amides is 1. The molecule has 0 spiro atoms. The van der Waals surface area contributed by atoms with Gasteiger partial charge in [0.25, 0.3) is 0 Å². The summed E-state index contributed by atoms with van der Waals surface area (Å²) in [4.78, 5) is 16.6. The first kappa shape index (κ1) is 14.9. The number of benzene rings is 1. The van der Waals surface area contributed by atoms with E-state index in [-0.39, 0.29) is 17.2 Å². The molecule has 1 amide bonds. The smallest absolute Gasteiger partial charge is 0.233 e. The van der Waals surface area contributed by atoms with E-state index in [2.05, 4.69) is 23.3 Å². The standard InChI is InChI=1S/C16H20N2OS/c1-10(2)17-16(19)12(4)20-15-9-11(3)13-7-5-6-8-14(13)18-15/h5-10,12H,1-4H3,(H,17,19)/t12-/m0/s1. The molecule has 0 radical (unpaired) electrons. The number of para-hydroxylation sites is 1. The van der Waals surface area contributed by atoms with Crippen molar-refractivity contribution in [1.29, 1.82) is 0 Å². The van der Waals surface area contributed by atoms with Crippen LogP contribution in [0.3, 0.4) is 0 Å². The number of hydrogen-bond donors (Lipinski definition) is 1. The molecule has 106 valence electrons. The normalized spacial score (nSPS) is 12.7. The average Bonchev–Trinajstić information content (AvgIpc) is 2.38. The van der Waals surface area contributed by atoms with Crippen LogP contribution in [-0.4, -0.2) is 22.2 Å². The van der Waals surface area contributed by atoms with Crippen molar-refractivity contribution in [2.75, 3.05) is 0 Å². The molecule has 0 aliphatic carbocycles. The quantitative estimate of drug-likeness (QED) is 0.875. The minimum Gasteiger partial charge on any atom is -0.353 e. The second-order valence-electron chi connectivity index (χ2n) is 5.22. The monoisotopic (exact) mass is 288 g/mol. The van der Waals surface area contributed by atoms with Crippen LogP contribution in [0.4, 0.5) is 0 Å². The molecule has 2 aromatic rings. The van der Waals surface area contributed by atoms with Crippen molar-refractivity contribution < 1.29 is 4.79 Å². The average molecular weight is 288 g/mol. The van der Waals surface area contributed by atoms with Crippen LogP contribution in [0.15, 0.2) is 35.4 Å². The minimum absolute atomic E-state index is 0.0533. The van der Waals surface area contributed by atoms with E-state index >= 15 is 0 Å². The second kappa shape index (κ2) is 6.27. The Morgan fingerprint density at radius 3 is 2.65 bits per heavy atom. The number of thioether (sulfide) groups is 1. The number of aryl methyl sites for hydroxylation is 1. The fourth-order valence-corrected chi connectivity index (χ4v) is 2.95. The topological polar surface area (TPSA) is 42.0 Å². The van der Waals surface area contributed by atoms with Gasteiger partial charge in [-0.3, -0.25) is 4.79 Å². The molecule has 1 heterocycles. The zero-order valence-electron chi connectivity index (χ0n) is 12.3. The zero-order valence-corrected chi connectivity index (χ0v) is 13.1. The molecule has 1 N–H and O–H groups in total. The zero-order chi connectivity index (χ0) is 14.7. The summed E-state index contributed by atoms with van der Waals surface area (Å²) in [6.45, 7) is 7.92. The summed E-state index contributed by atoms with van der Waals surface area (Å²) in [5.74, 6) is 0.0533. The van der Waals surface area contributed by atoms with Gasteiger partial charge in [0.05, 0.1) is 15.8 Å². The van der Waals surface area contributed by atoms with E-state index in [1.165, 1.54) is 17.3 Å². The molecule has 1 atom stereocenters. The number of nitrogens with zero attached hydrogens (tertiary/aromatic N) is 1. The molecule has 1 aromatic carbocycles. The number of rotatable bonds is 4. The van der Waals surface area contributed by atoms with Gasteiger partial charge in [0.1, 0.15) is 0 Å². The van der Waals surface area contributed by atoms with Crippen LogP contribution >= 0.6 is 11.8 Å². The lowest BCUT2D eigenvalue weighted by Gasteiger charge is -2.14. The Morgan fingerprint density at radius 2 is 1.95 bits per heavy atom. The summed E-state index contributed by atoms with van der Waals surface area (Å²) in [6, 6.07) is 10.3. The number of aromatic nitrogens is 1. The van der Waals surface area contributed by atoms with Crippen molar-refractivity contribution in [3.8, 4) is 0 Å². The molecule has 0 fully saturated rings. The summed E-state index contributed by atoms with van der Waals surface area (Å²) in [6.07, 6.45) is 0. The molecular formula is C16H20N2OS. The largest absolute Gasteiger partial charge is 0.353 e. The van der Waals surface area contributed by atoms with E-state index < -0.39 is 0 Å².